The molecule has 2 rings (SSSR count). The van der Waals surface area contributed by atoms with Crippen LogP contribution in [-0.2, 0) is 9.59 Å². The van der Waals surface area contributed by atoms with Gasteiger partial charge in [0.25, 0.3) is 0 Å². The predicted molar refractivity (Wildman–Crippen MR) is 100 cm³/mol. The van der Waals surface area contributed by atoms with E-state index < -0.39 is 6.04 Å². The molecule has 0 bridgehead atoms. The molecular weight excluding hydrogens is 336 g/mol. The highest BCUT2D eigenvalue weighted by Gasteiger charge is 2.17. The molecule has 134 valence electrons. The van der Waals surface area contributed by atoms with Crippen molar-refractivity contribution in [3.8, 4) is 10.6 Å². The van der Waals surface area contributed by atoms with Gasteiger partial charge in [0.2, 0.25) is 16.9 Å². The van der Waals surface area contributed by atoms with Gasteiger partial charge in [0, 0.05) is 12.0 Å². The summed E-state index contributed by atoms with van der Waals surface area (Å²) in [6.45, 7) is 3.79. The van der Waals surface area contributed by atoms with Crippen LogP contribution in [0.3, 0.4) is 0 Å². The molecule has 1 heterocycles. The third-order valence-corrected chi connectivity index (χ3v) is 4.59. The number of amides is 2. The third-order valence-electron chi connectivity index (χ3n) is 3.70. The molecule has 0 fully saturated rings. The molecule has 6 nitrogen and oxygen atoms in total. The van der Waals surface area contributed by atoms with Gasteiger partial charge in [-0.1, -0.05) is 67.9 Å². The molecule has 0 saturated heterocycles. The quantitative estimate of drug-likeness (QED) is 0.669. The SMILES string of the molecule is CCCCCCC(=O)N[C@H](C)C(=O)Nc1nnc(-c2ccccc2)s1. The van der Waals surface area contributed by atoms with Gasteiger partial charge >= 0.3 is 0 Å². The maximum absolute atomic E-state index is 12.2. The summed E-state index contributed by atoms with van der Waals surface area (Å²) in [5.74, 6) is -0.390. The van der Waals surface area contributed by atoms with Crippen LogP contribution >= 0.6 is 11.3 Å². The summed E-state index contributed by atoms with van der Waals surface area (Å²) >= 11 is 1.30. The second-order valence-electron chi connectivity index (χ2n) is 5.87. The molecular formula is C18H24N4O2S. The number of nitrogens with one attached hydrogen (secondary N) is 2. The zero-order valence-electron chi connectivity index (χ0n) is 14.6. The molecule has 25 heavy (non-hydrogen) atoms. The maximum atomic E-state index is 12.2. The van der Waals surface area contributed by atoms with Crippen LogP contribution in [0.2, 0.25) is 0 Å². The van der Waals surface area contributed by atoms with Gasteiger partial charge in [0.15, 0.2) is 0 Å². The summed E-state index contributed by atoms with van der Waals surface area (Å²) in [4.78, 5) is 24.0. The Bertz CT molecular complexity index is 687. The van der Waals surface area contributed by atoms with Gasteiger partial charge in [-0.05, 0) is 13.3 Å². The van der Waals surface area contributed by atoms with E-state index in [0.29, 0.717) is 11.6 Å². The van der Waals surface area contributed by atoms with Crippen molar-refractivity contribution in [3.05, 3.63) is 30.3 Å². The summed E-state index contributed by atoms with van der Waals surface area (Å²) in [6, 6.07) is 9.05. The molecule has 0 aliphatic heterocycles. The fraction of sp³-hybridized carbons (Fsp3) is 0.444. The Balaban J connectivity index is 1.81. The van der Waals surface area contributed by atoms with Crippen molar-refractivity contribution >= 4 is 28.3 Å². The summed E-state index contributed by atoms with van der Waals surface area (Å²) in [5.41, 5.74) is 0.953. The highest BCUT2D eigenvalue weighted by molar-refractivity contribution is 7.18. The van der Waals surface area contributed by atoms with Crippen LogP contribution in [-0.4, -0.2) is 28.1 Å². The van der Waals surface area contributed by atoms with Crippen molar-refractivity contribution in [1.82, 2.24) is 15.5 Å². The monoisotopic (exact) mass is 360 g/mol. The molecule has 0 aliphatic rings. The number of anilines is 1. The molecule has 0 radical (unpaired) electrons. The van der Waals surface area contributed by atoms with Crippen molar-refractivity contribution in [2.45, 2.75) is 52.0 Å². The molecule has 7 heteroatoms. The van der Waals surface area contributed by atoms with Crippen LogP contribution < -0.4 is 10.6 Å². The molecule has 0 unspecified atom stereocenters. The van der Waals surface area contributed by atoms with E-state index in [1.807, 2.05) is 30.3 Å². The van der Waals surface area contributed by atoms with Gasteiger partial charge < -0.3 is 5.32 Å². The number of rotatable bonds is 9. The molecule has 0 aliphatic carbocycles. The van der Waals surface area contributed by atoms with Crippen molar-refractivity contribution < 1.29 is 9.59 Å². The highest BCUT2D eigenvalue weighted by atomic mass is 32.1. The summed E-state index contributed by atoms with van der Waals surface area (Å²) in [6.07, 6.45) is 4.61. The molecule has 0 spiro atoms. The number of hydrogen-bond donors (Lipinski definition) is 2. The highest BCUT2D eigenvalue weighted by Crippen LogP contribution is 2.25. The second-order valence-corrected chi connectivity index (χ2v) is 6.85. The van der Waals surface area contributed by atoms with E-state index in [2.05, 4.69) is 27.8 Å². The summed E-state index contributed by atoms with van der Waals surface area (Å²) in [7, 11) is 0. The lowest BCUT2D eigenvalue weighted by atomic mass is 10.1. The number of nitrogens with zero attached hydrogens (tertiary/aromatic N) is 2. The minimum Gasteiger partial charge on any atom is -0.345 e. The van der Waals surface area contributed by atoms with E-state index in [4.69, 9.17) is 0 Å². The van der Waals surface area contributed by atoms with Crippen LogP contribution in [0.15, 0.2) is 30.3 Å². The van der Waals surface area contributed by atoms with E-state index in [1.165, 1.54) is 11.3 Å². The zero-order chi connectivity index (χ0) is 18.1. The van der Waals surface area contributed by atoms with Gasteiger partial charge in [0.1, 0.15) is 11.0 Å². The van der Waals surface area contributed by atoms with E-state index in [-0.39, 0.29) is 11.8 Å². The Labute approximate surface area is 152 Å². The molecule has 2 aromatic rings. The number of carbonyl (C=O) groups is 2. The number of carbonyl (C=O) groups excluding carboxylic acids is 2. The maximum Gasteiger partial charge on any atom is 0.248 e. The second kappa shape index (κ2) is 9.88. The average molecular weight is 360 g/mol. The predicted octanol–water partition coefficient (Wildman–Crippen LogP) is 3.62. The van der Waals surface area contributed by atoms with Crippen LogP contribution in [0.1, 0.15) is 46.0 Å². The first-order valence-corrected chi connectivity index (χ1v) is 9.41. The Morgan fingerprint density at radius 1 is 1.12 bits per heavy atom. The van der Waals surface area contributed by atoms with Gasteiger partial charge in [-0.25, -0.2) is 0 Å². The van der Waals surface area contributed by atoms with Gasteiger partial charge in [-0.15, -0.1) is 10.2 Å². The van der Waals surface area contributed by atoms with Crippen molar-refractivity contribution in [1.29, 1.82) is 0 Å². The van der Waals surface area contributed by atoms with E-state index in [0.717, 1.165) is 36.3 Å². The van der Waals surface area contributed by atoms with Crippen LogP contribution in [0.5, 0.6) is 0 Å². The van der Waals surface area contributed by atoms with Gasteiger partial charge in [-0.3, -0.25) is 14.9 Å². The zero-order valence-corrected chi connectivity index (χ0v) is 15.4. The Morgan fingerprint density at radius 3 is 2.60 bits per heavy atom. The molecule has 2 N–H and O–H groups in total. The summed E-state index contributed by atoms with van der Waals surface area (Å²) < 4.78 is 0. The molecule has 1 atom stereocenters. The van der Waals surface area contributed by atoms with E-state index >= 15 is 0 Å². The topological polar surface area (TPSA) is 84.0 Å². The molecule has 0 saturated carbocycles. The fourth-order valence-electron chi connectivity index (χ4n) is 2.28. The number of benzene rings is 1. The molecule has 1 aromatic carbocycles. The van der Waals surface area contributed by atoms with Crippen LogP contribution in [0.4, 0.5) is 5.13 Å². The number of unbranched alkanes of at least 4 members (excludes halogenated alkanes) is 3. The average Bonchev–Trinajstić information content (AvgIpc) is 3.08. The van der Waals surface area contributed by atoms with Gasteiger partial charge in [0.05, 0.1) is 0 Å². The van der Waals surface area contributed by atoms with Crippen molar-refractivity contribution in [3.63, 3.8) is 0 Å². The molecule has 2 amide bonds. The van der Waals surface area contributed by atoms with Crippen molar-refractivity contribution in [2.24, 2.45) is 0 Å². The smallest absolute Gasteiger partial charge is 0.248 e. The summed E-state index contributed by atoms with van der Waals surface area (Å²) in [5, 5.41) is 14.7. The van der Waals surface area contributed by atoms with Gasteiger partial charge in [-0.2, -0.15) is 0 Å². The van der Waals surface area contributed by atoms with Crippen molar-refractivity contribution in [2.75, 3.05) is 5.32 Å². The Kier molecular flexibility index (Phi) is 7.53. The lowest BCUT2D eigenvalue weighted by Crippen LogP contribution is -2.41. The Morgan fingerprint density at radius 2 is 1.88 bits per heavy atom. The largest absolute Gasteiger partial charge is 0.345 e. The number of hydrogen-bond acceptors (Lipinski definition) is 5. The standard InChI is InChI=1S/C18H24N4O2S/c1-3-4-5-9-12-15(23)19-13(2)16(24)20-18-22-21-17(25-18)14-10-7-6-8-11-14/h6-8,10-11,13H,3-5,9,12H2,1-2H3,(H,19,23)(H,20,22,24)/t13-/m1/s1. The van der Waals surface area contributed by atoms with E-state index in [1.54, 1.807) is 6.92 Å². The fourth-order valence-corrected chi connectivity index (χ4v) is 3.03. The minimum atomic E-state index is -0.609. The van der Waals surface area contributed by atoms with E-state index in [9.17, 15) is 9.59 Å². The lowest BCUT2D eigenvalue weighted by Gasteiger charge is -2.12. The first kappa shape index (κ1) is 19.1. The normalized spacial score (nSPS) is 11.8. The first-order chi connectivity index (χ1) is 12.1. The lowest BCUT2D eigenvalue weighted by molar-refractivity contribution is -0.126. The Hall–Kier alpha value is -2.28. The minimum absolute atomic E-state index is 0.0963. The number of aromatic nitrogens is 2. The van der Waals surface area contributed by atoms with Crippen LogP contribution in [0, 0.1) is 0 Å². The van der Waals surface area contributed by atoms with Crippen LogP contribution in [0.25, 0.3) is 10.6 Å². The first-order valence-electron chi connectivity index (χ1n) is 8.59. The third kappa shape index (κ3) is 6.26. The molecule has 1 aromatic heterocycles.